The highest BCUT2D eigenvalue weighted by Gasteiger charge is 2.50. The summed E-state index contributed by atoms with van der Waals surface area (Å²) in [5.41, 5.74) is -2.29. The second-order valence-electron chi connectivity index (χ2n) is 17.6. The number of fused-ring (bicyclic) bond motifs is 7. The third-order valence-electron chi connectivity index (χ3n) is 12.9. The molecule has 5 atom stereocenters. The maximum Gasteiger partial charge on any atom is 0.415 e. The summed E-state index contributed by atoms with van der Waals surface area (Å²) in [6, 6.07) is 5.05. The van der Waals surface area contributed by atoms with Gasteiger partial charge in [-0.25, -0.2) is 35.9 Å². The third kappa shape index (κ3) is 8.13. The molecule has 4 fully saturated rings. The van der Waals surface area contributed by atoms with Gasteiger partial charge in [-0.3, -0.25) is 9.88 Å². The Morgan fingerprint density at radius 2 is 1.85 bits per heavy atom. The highest BCUT2D eigenvalue weighted by molar-refractivity contribution is 6.02. The number of nitrogens with zero attached hydrogens (tertiary/aromatic N) is 6. The predicted molar refractivity (Wildman–Crippen MR) is 214 cm³/mol. The first-order valence-corrected chi connectivity index (χ1v) is 21.0. The summed E-state index contributed by atoms with van der Waals surface area (Å²) < 4.78 is 116. The van der Waals surface area contributed by atoms with E-state index in [-0.39, 0.29) is 122 Å². The Morgan fingerprint density at radius 3 is 2.68 bits per heavy atom. The molecule has 332 valence electrons. The standard InChI is InChI=1S/C43H47F6N7O6/c1-41-15-25(44)19-55(21-41)37-31-18-50-35(34(47)36(31)51-38(52-37)61-23-42-9-4-10-56(42)20-26(45)16-42)30-14-28(62-40(58)54-11-8-27(59-2)17-43(48,49)22-54)13-24-6-7-32(46)29(33(24)30)5-3-12-60-39(57)53-41/h6-7,13-14,18,25-27H,3-5,8-12,15-17,19-23H2,1-2H3,(H,53,57)/t25-,26-,27?,41-,42+/m1/s1. The van der Waals surface area contributed by atoms with Gasteiger partial charge in [0, 0.05) is 57.8 Å². The molecule has 0 radical (unpaired) electrons. The van der Waals surface area contributed by atoms with Crippen molar-refractivity contribution in [3.8, 4) is 23.0 Å². The molecule has 6 aliphatic heterocycles. The summed E-state index contributed by atoms with van der Waals surface area (Å²) >= 11 is 0. The number of piperidine rings is 1. The second-order valence-corrected chi connectivity index (χ2v) is 17.6. The van der Waals surface area contributed by atoms with Crippen LogP contribution >= 0.6 is 0 Å². The van der Waals surface area contributed by atoms with Crippen LogP contribution < -0.4 is 19.7 Å². The van der Waals surface area contributed by atoms with Gasteiger partial charge in [-0.1, -0.05) is 6.07 Å². The van der Waals surface area contributed by atoms with E-state index in [4.69, 9.17) is 18.9 Å². The van der Waals surface area contributed by atoms with E-state index in [0.717, 1.165) is 11.3 Å². The molecule has 19 heteroatoms. The first-order chi connectivity index (χ1) is 29.6. The van der Waals surface area contributed by atoms with Gasteiger partial charge in [0.1, 0.15) is 47.5 Å². The van der Waals surface area contributed by atoms with Gasteiger partial charge < -0.3 is 34.1 Å². The minimum absolute atomic E-state index is 0.00171. The monoisotopic (exact) mass is 871 g/mol. The molecule has 62 heavy (non-hydrogen) atoms. The van der Waals surface area contributed by atoms with Gasteiger partial charge >= 0.3 is 18.2 Å². The van der Waals surface area contributed by atoms with Crippen molar-refractivity contribution < 1.29 is 54.9 Å². The predicted octanol–water partition coefficient (Wildman–Crippen LogP) is 7.30. The number of ether oxygens (including phenoxy) is 4. The quantitative estimate of drug-likeness (QED) is 0.203. The van der Waals surface area contributed by atoms with Crippen LogP contribution in [0.25, 0.3) is 32.9 Å². The largest absolute Gasteiger partial charge is 0.461 e. The molecule has 0 aliphatic carbocycles. The van der Waals surface area contributed by atoms with Gasteiger partial charge in [0.05, 0.1) is 42.3 Å². The molecule has 1 unspecified atom stereocenters. The summed E-state index contributed by atoms with van der Waals surface area (Å²) in [4.78, 5) is 44.9. The average Bonchev–Trinajstić information content (AvgIpc) is 3.68. The van der Waals surface area contributed by atoms with Crippen LogP contribution in [0, 0.1) is 11.6 Å². The molecule has 4 saturated heterocycles. The van der Waals surface area contributed by atoms with Crippen molar-refractivity contribution in [1.29, 1.82) is 0 Å². The topological polar surface area (TPSA) is 131 Å². The van der Waals surface area contributed by atoms with E-state index in [9.17, 15) is 22.8 Å². The van der Waals surface area contributed by atoms with Crippen molar-refractivity contribution in [3.05, 3.63) is 47.7 Å². The number of alkyl halides is 4. The van der Waals surface area contributed by atoms with E-state index < -0.39 is 72.2 Å². The van der Waals surface area contributed by atoms with Crippen LogP contribution in [0.5, 0.6) is 11.8 Å². The number of aromatic nitrogens is 3. The minimum Gasteiger partial charge on any atom is -0.461 e. The Bertz CT molecular complexity index is 2410. The number of halogens is 6. The van der Waals surface area contributed by atoms with Crippen LogP contribution in [0.15, 0.2) is 30.5 Å². The smallest absolute Gasteiger partial charge is 0.415 e. The number of likely N-dealkylation sites (tertiary alicyclic amines) is 1. The normalized spacial score (nSPS) is 27.8. The number of rotatable bonds is 5. The third-order valence-corrected chi connectivity index (χ3v) is 12.9. The Kier molecular flexibility index (Phi) is 11.0. The average molecular weight is 872 g/mol. The Morgan fingerprint density at radius 1 is 1.03 bits per heavy atom. The zero-order valence-electron chi connectivity index (χ0n) is 34.3. The summed E-state index contributed by atoms with van der Waals surface area (Å²) in [6.45, 7) is 1.32. The van der Waals surface area contributed by atoms with E-state index in [2.05, 4.69) is 20.3 Å². The highest BCUT2D eigenvalue weighted by Crippen LogP contribution is 2.43. The maximum atomic E-state index is 17.6. The van der Waals surface area contributed by atoms with Gasteiger partial charge in [0.25, 0.3) is 5.92 Å². The maximum absolute atomic E-state index is 17.6. The number of aryl methyl sites for hydroxylation is 1. The lowest BCUT2D eigenvalue weighted by Crippen LogP contribution is -2.60. The SMILES string of the molecule is COC1CCN(C(=O)Oc2cc3c4c(c(F)ccc4c2)CCCOC(=O)N[C@]2(C)C[C@@H](F)CN(C2)c2nc(OC[C@@]45CCCN4C[C@H](F)C5)nc4c(F)c-3ncc24)CC(F)(F)C1. The van der Waals surface area contributed by atoms with Crippen LogP contribution in [-0.2, 0) is 15.9 Å². The molecule has 2 amide bonds. The van der Waals surface area contributed by atoms with E-state index in [1.807, 2.05) is 4.90 Å². The summed E-state index contributed by atoms with van der Waals surface area (Å²) in [5.74, 6) is -5.00. The van der Waals surface area contributed by atoms with Gasteiger partial charge in [0.15, 0.2) is 5.82 Å². The molecule has 6 aliphatic rings. The fraction of sp³-hybridized carbons (Fsp3) is 0.558. The molecule has 6 bridgehead atoms. The number of carbonyl (C=O) groups is 2. The van der Waals surface area contributed by atoms with Crippen molar-refractivity contribution in [2.75, 3.05) is 64.5 Å². The van der Waals surface area contributed by atoms with Crippen molar-refractivity contribution >= 4 is 39.7 Å². The molecule has 2 aromatic heterocycles. The van der Waals surface area contributed by atoms with Crippen molar-refractivity contribution in [2.45, 2.75) is 93.7 Å². The van der Waals surface area contributed by atoms with Crippen LogP contribution in [0.1, 0.15) is 57.4 Å². The number of hydrogen-bond donors (Lipinski definition) is 1. The lowest BCUT2D eigenvalue weighted by Gasteiger charge is -2.42. The molecule has 10 rings (SSSR count). The number of hydrogen-bond acceptors (Lipinski definition) is 11. The summed E-state index contributed by atoms with van der Waals surface area (Å²) in [5, 5.41) is 3.36. The van der Waals surface area contributed by atoms with E-state index in [0.29, 0.717) is 18.4 Å². The first kappa shape index (κ1) is 42.1. The Labute approximate surface area is 353 Å². The van der Waals surface area contributed by atoms with E-state index in [1.54, 1.807) is 11.8 Å². The van der Waals surface area contributed by atoms with Crippen molar-refractivity contribution in [2.24, 2.45) is 0 Å². The number of anilines is 1. The minimum atomic E-state index is -3.26. The number of alkyl carbamates (subject to hydrolysis) is 1. The molecule has 1 N–H and O–H groups in total. The Balaban J connectivity index is 1.19. The van der Waals surface area contributed by atoms with Crippen molar-refractivity contribution in [1.82, 2.24) is 30.1 Å². The van der Waals surface area contributed by atoms with Gasteiger partial charge in [-0.05, 0) is 80.1 Å². The van der Waals surface area contributed by atoms with E-state index in [1.165, 1.54) is 37.6 Å². The fourth-order valence-electron chi connectivity index (χ4n) is 10.1. The number of amides is 2. The van der Waals surface area contributed by atoms with Gasteiger partial charge in [0.2, 0.25) is 0 Å². The fourth-order valence-corrected chi connectivity index (χ4v) is 10.1. The van der Waals surface area contributed by atoms with Crippen molar-refractivity contribution in [3.63, 3.8) is 0 Å². The second kappa shape index (κ2) is 16.2. The van der Waals surface area contributed by atoms with Crippen LogP contribution in [-0.4, -0.2) is 132 Å². The zero-order valence-corrected chi connectivity index (χ0v) is 34.3. The lowest BCUT2D eigenvalue weighted by atomic mass is 9.90. The molecule has 4 aromatic rings. The number of nitrogens with one attached hydrogen (secondary N) is 1. The highest BCUT2D eigenvalue weighted by atomic mass is 19.3. The van der Waals surface area contributed by atoms with Crippen LogP contribution in [0.3, 0.4) is 0 Å². The lowest BCUT2D eigenvalue weighted by molar-refractivity contribution is -0.0543. The molecular formula is C43H47F6N7O6. The first-order valence-electron chi connectivity index (χ1n) is 21.0. The van der Waals surface area contributed by atoms with Gasteiger partial charge in [-0.2, -0.15) is 9.97 Å². The summed E-state index contributed by atoms with van der Waals surface area (Å²) in [6.07, 6.45) is -2.49. The number of pyridine rings is 1. The molecule has 0 saturated carbocycles. The van der Waals surface area contributed by atoms with Crippen LogP contribution in [0.4, 0.5) is 41.7 Å². The number of carbonyl (C=O) groups excluding carboxylic acids is 2. The van der Waals surface area contributed by atoms with E-state index >= 15 is 13.2 Å². The van der Waals surface area contributed by atoms with Gasteiger partial charge in [-0.15, -0.1) is 0 Å². The molecule has 8 heterocycles. The molecule has 2 aromatic carbocycles. The number of benzene rings is 2. The zero-order chi connectivity index (χ0) is 43.6. The Hall–Kier alpha value is -5.17. The molecular weight excluding hydrogens is 825 g/mol. The number of methoxy groups -OCH3 is 1. The summed E-state index contributed by atoms with van der Waals surface area (Å²) in [7, 11) is 1.33. The molecule has 0 spiro atoms. The van der Waals surface area contributed by atoms with Crippen LogP contribution in [0.2, 0.25) is 0 Å². The molecule has 13 nitrogen and oxygen atoms in total.